The maximum atomic E-state index is 5.90. The van der Waals surface area contributed by atoms with Gasteiger partial charge in [0.15, 0.2) is 0 Å². The Morgan fingerprint density at radius 1 is 1.31 bits per heavy atom. The first-order chi connectivity index (χ1) is 7.63. The first-order valence-electron chi connectivity index (χ1n) is 6.11. The molecule has 16 heavy (non-hydrogen) atoms. The van der Waals surface area contributed by atoms with Crippen LogP contribution in [0.1, 0.15) is 45.1 Å². The highest BCUT2D eigenvalue weighted by atomic mass is 16.5. The molecule has 90 valence electrons. The number of hydrogen-bond acceptors (Lipinski definition) is 2. The summed E-state index contributed by atoms with van der Waals surface area (Å²) in [4.78, 5) is 0. The van der Waals surface area contributed by atoms with Gasteiger partial charge in [0.2, 0.25) is 0 Å². The van der Waals surface area contributed by atoms with Crippen molar-refractivity contribution in [2.24, 2.45) is 5.73 Å². The van der Waals surface area contributed by atoms with Crippen molar-refractivity contribution in [3.05, 3.63) is 29.8 Å². The van der Waals surface area contributed by atoms with E-state index in [1.807, 2.05) is 12.1 Å². The van der Waals surface area contributed by atoms with Gasteiger partial charge in [0, 0.05) is 6.04 Å². The molecule has 0 heterocycles. The average molecular weight is 221 g/mol. The van der Waals surface area contributed by atoms with E-state index in [-0.39, 0.29) is 6.04 Å². The Balaban J connectivity index is 2.50. The molecule has 0 bridgehead atoms. The fourth-order valence-electron chi connectivity index (χ4n) is 1.62. The highest BCUT2D eigenvalue weighted by Gasteiger charge is 2.04. The summed E-state index contributed by atoms with van der Waals surface area (Å²) in [7, 11) is 0. The van der Waals surface area contributed by atoms with Crippen molar-refractivity contribution >= 4 is 0 Å². The quantitative estimate of drug-likeness (QED) is 0.799. The van der Waals surface area contributed by atoms with Gasteiger partial charge in [-0.1, -0.05) is 39.3 Å². The minimum atomic E-state index is 0.146. The smallest absolute Gasteiger partial charge is 0.119 e. The van der Waals surface area contributed by atoms with Crippen molar-refractivity contribution in [1.29, 1.82) is 0 Å². The van der Waals surface area contributed by atoms with E-state index in [1.165, 1.54) is 5.56 Å². The zero-order valence-electron chi connectivity index (χ0n) is 10.6. The third-order valence-electron chi connectivity index (χ3n) is 2.65. The molecule has 1 rings (SSSR count). The summed E-state index contributed by atoms with van der Waals surface area (Å²) in [6.45, 7) is 7.11. The Labute approximate surface area is 98.8 Å². The highest BCUT2D eigenvalue weighted by molar-refractivity contribution is 5.30. The monoisotopic (exact) mass is 221 g/mol. The second kappa shape index (κ2) is 6.54. The molecule has 2 nitrogen and oxygen atoms in total. The molecule has 0 fully saturated rings. The van der Waals surface area contributed by atoms with E-state index in [0.29, 0.717) is 12.5 Å². The Morgan fingerprint density at radius 3 is 2.69 bits per heavy atom. The van der Waals surface area contributed by atoms with Gasteiger partial charge in [-0.15, -0.1) is 0 Å². The molecule has 1 aromatic carbocycles. The lowest BCUT2D eigenvalue weighted by atomic mass is 10.0. The Morgan fingerprint density at radius 2 is 2.06 bits per heavy atom. The summed E-state index contributed by atoms with van der Waals surface area (Å²) >= 11 is 0. The van der Waals surface area contributed by atoms with Crippen LogP contribution in [0.5, 0.6) is 5.75 Å². The van der Waals surface area contributed by atoms with E-state index in [4.69, 9.17) is 10.5 Å². The van der Waals surface area contributed by atoms with Gasteiger partial charge in [-0.25, -0.2) is 0 Å². The minimum absolute atomic E-state index is 0.146. The first kappa shape index (κ1) is 13.0. The summed E-state index contributed by atoms with van der Waals surface area (Å²) in [5.74, 6) is 1.46. The lowest BCUT2D eigenvalue weighted by molar-refractivity contribution is 0.281. The van der Waals surface area contributed by atoms with Crippen LogP contribution in [0.15, 0.2) is 24.3 Å². The van der Waals surface area contributed by atoms with Crippen molar-refractivity contribution in [3.8, 4) is 5.75 Å². The topological polar surface area (TPSA) is 35.2 Å². The summed E-state index contributed by atoms with van der Waals surface area (Å²) in [6, 6.07) is 8.40. The van der Waals surface area contributed by atoms with Crippen molar-refractivity contribution in [1.82, 2.24) is 0 Å². The third kappa shape index (κ3) is 4.23. The molecule has 0 aromatic heterocycles. The largest absolute Gasteiger partial charge is 0.492 e. The number of hydrogen-bond donors (Lipinski definition) is 1. The first-order valence-corrected chi connectivity index (χ1v) is 6.11. The molecule has 2 N–H and O–H groups in total. The van der Waals surface area contributed by atoms with Crippen LogP contribution in [0, 0.1) is 0 Å². The fraction of sp³-hybridized carbons (Fsp3) is 0.571. The average Bonchev–Trinajstić information content (AvgIpc) is 2.27. The summed E-state index contributed by atoms with van der Waals surface area (Å²) < 4.78 is 5.69. The Hall–Kier alpha value is -1.02. The molecule has 1 atom stereocenters. The van der Waals surface area contributed by atoms with Gasteiger partial charge in [-0.2, -0.15) is 0 Å². The van der Waals surface area contributed by atoms with Gasteiger partial charge in [0.05, 0.1) is 0 Å². The number of ether oxygens (including phenoxy) is 1. The van der Waals surface area contributed by atoms with Crippen LogP contribution in [0.2, 0.25) is 0 Å². The molecule has 0 aliphatic heterocycles. The van der Waals surface area contributed by atoms with Crippen molar-refractivity contribution in [3.63, 3.8) is 0 Å². The number of rotatable bonds is 6. The molecule has 0 saturated heterocycles. The van der Waals surface area contributed by atoms with E-state index in [9.17, 15) is 0 Å². The van der Waals surface area contributed by atoms with Gasteiger partial charge in [0.1, 0.15) is 12.4 Å². The number of nitrogens with two attached hydrogens (primary N) is 1. The van der Waals surface area contributed by atoms with Gasteiger partial charge >= 0.3 is 0 Å². The van der Waals surface area contributed by atoms with E-state index in [2.05, 4.69) is 32.9 Å². The molecule has 1 aromatic rings. The maximum absolute atomic E-state index is 5.90. The van der Waals surface area contributed by atoms with E-state index in [0.717, 1.165) is 18.6 Å². The zero-order valence-corrected chi connectivity index (χ0v) is 10.6. The predicted octanol–water partition coefficient (Wildman–Crippen LogP) is 3.32. The van der Waals surface area contributed by atoms with Crippen LogP contribution in [0.4, 0.5) is 0 Å². The van der Waals surface area contributed by atoms with Crippen LogP contribution in [-0.2, 0) is 0 Å². The van der Waals surface area contributed by atoms with E-state index >= 15 is 0 Å². The summed E-state index contributed by atoms with van der Waals surface area (Å²) in [5, 5.41) is 0. The summed E-state index contributed by atoms with van der Waals surface area (Å²) in [6.07, 6.45) is 2.13. The molecule has 0 amide bonds. The molecule has 2 heteroatoms. The standard InChI is InChI=1S/C14H23NO/c1-4-6-13(15)10-16-14-8-5-7-12(9-14)11(2)3/h5,7-9,11,13H,4,6,10,15H2,1-3H3. The molecule has 0 aliphatic rings. The zero-order chi connectivity index (χ0) is 12.0. The lowest BCUT2D eigenvalue weighted by Gasteiger charge is -2.13. The molecular weight excluding hydrogens is 198 g/mol. The second-order valence-corrected chi connectivity index (χ2v) is 4.59. The van der Waals surface area contributed by atoms with Gasteiger partial charge in [0.25, 0.3) is 0 Å². The van der Waals surface area contributed by atoms with Crippen LogP contribution in [-0.4, -0.2) is 12.6 Å². The van der Waals surface area contributed by atoms with E-state index < -0.39 is 0 Å². The number of benzene rings is 1. The van der Waals surface area contributed by atoms with Gasteiger partial charge in [-0.05, 0) is 30.0 Å². The lowest BCUT2D eigenvalue weighted by Crippen LogP contribution is -2.27. The van der Waals surface area contributed by atoms with Gasteiger partial charge < -0.3 is 10.5 Å². The molecule has 0 saturated carbocycles. The molecule has 0 spiro atoms. The van der Waals surface area contributed by atoms with Crippen LogP contribution < -0.4 is 10.5 Å². The third-order valence-corrected chi connectivity index (χ3v) is 2.65. The van der Waals surface area contributed by atoms with Crippen molar-refractivity contribution in [2.45, 2.75) is 45.6 Å². The van der Waals surface area contributed by atoms with Crippen LogP contribution in [0.3, 0.4) is 0 Å². The molecule has 1 unspecified atom stereocenters. The van der Waals surface area contributed by atoms with Crippen molar-refractivity contribution < 1.29 is 4.74 Å². The highest BCUT2D eigenvalue weighted by Crippen LogP contribution is 2.20. The van der Waals surface area contributed by atoms with Crippen LogP contribution >= 0.6 is 0 Å². The fourth-order valence-corrected chi connectivity index (χ4v) is 1.62. The minimum Gasteiger partial charge on any atom is -0.492 e. The normalized spacial score (nSPS) is 12.8. The van der Waals surface area contributed by atoms with Gasteiger partial charge in [-0.3, -0.25) is 0 Å². The summed E-state index contributed by atoms with van der Waals surface area (Å²) in [5.41, 5.74) is 7.21. The SMILES string of the molecule is CCCC(N)COc1cccc(C(C)C)c1. The molecule has 0 radical (unpaired) electrons. The second-order valence-electron chi connectivity index (χ2n) is 4.59. The predicted molar refractivity (Wildman–Crippen MR) is 68.9 cm³/mol. The van der Waals surface area contributed by atoms with E-state index in [1.54, 1.807) is 0 Å². The molecule has 0 aliphatic carbocycles. The van der Waals surface area contributed by atoms with Crippen LogP contribution in [0.25, 0.3) is 0 Å². The Kier molecular flexibility index (Phi) is 5.33. The maximum Gasteiger partial charge on any atom is 0.119 e. The molecular formula is C14H23NO. The Bertz CT molecular complexity index is 309. The van der Waals surface area contributed by atoms with Crippen molar-refractivity contribution in [2.75, 3.05) is 6.61 Å².